The van der Waals surface area contributed by atoms with E-state index in [2.05, 4.69) is 206 Å². The van der Waals surface area contributed by atoms with E-state index in [9.17, 15) is 0 Å². The minimum absolute atomic E-state index is 0.579. The Morgan fingerprint density at radius 1 is 0.433 bits per heavy atom. The molecule has 0 amide bonds. The van der Waals surface area contributed by atoms with E-state index >= 15 is 0 Å². The minimum atomic E-state index is 0.579. The number of aromatic nitrogens is 7. The van der Waals surface area contributed by atoms with Gasteiger partial charge in [-0.3, -0.25) is 0 Å². The molecule has 0 saturated heterocycles. The molecule has 0 fully saturated rings. The summed E-state index contributed by atoms with van der Waals surface area (Å²) in [4.78, 5) is 17.4. The van der Waals surface area contributed by atoms with Crippen molar-refractivity contribution in [2.24, 2.45) is 0 Å². The first-order chi connectivity index (χ1) is 29.7. The molecule has 0 spiro atoms. The molecule has 0 aliphatic rings. The monoisotopic (exact) mass is 954 g/mol. The van der Waals surface area contributed by atoms with Crippen molar-refractivity contribution in [2.75, 3.05) is 0 Å². The molecule has 4 aromatic heterocycles. The van der Waals surface area contributed by atoms with Crippen LogP contribution in [0.25, 0.3) is 83.7 Å². The fourth-order valence-corrected chi connectivity index (χ4v) is 9.27. The Kier molecular flexibility index (Phi) is 8.90. The van der Waals surface area contributed by atoms with Gasteiger partial charge in [-0.15, -0.1) is 0 Å². The van der Waals surface area contributed by atoms with Crippen LogP contribution in [-0.4, -0.2) is 33.6 Å². The molecular weight excluding hydrogens is 922 g/mol. The van der Waals surface area contributed by atoms with Crippen LogP contribution in [0, 0.1) is 3.80 Å². The first-order valence-electron chi connectivity index (χ1n) is 19.5. The number of rotatable bonds is 8. The van der Waals surface area contributed by atoms with Crippen molar-refractivity contribution < 1.29 is 24.1 Å². The summed E-state index contributed by atoms with van der Waals surface area (Å²) in [6, 6.07) is 63.4. The van der Waals surface area contributed by atoms with Gasteiger partial charge in [0.1, 0.15) is 12.7 Å². The van der Waals surface area contributed by atoms with Gasteiger partial charge < -0.3 is 0 Å². The van der Waals surface area contributed by atoms with E-state index in [4.69, 9.17) is 9.72 Å². The third kappa shape index (κ3) is 6.17. The molecule has 0 aliphatic carbocycles. The number of hydrogen-bond donors (Lipinski definition) is 0. The molecule has 0 unspecified atom stereocenters. The van der Waals surface area contributed by atoms with E-state index in [1.165, 1.54) is 12.7 Å². The van der Waals surface area contributed by atoms with E-state index < -0.39 is 0 Å². The summed E-state index contributed by atoms with van der Waals surface area (Å²) in [5.41, 5.74) is 11.8. The maximum atomic E-state index is 6.73. The van der Waals surface area contributed by atoms with E-state index in [0.29, 0.717) is 5.82 Å². The van der Waals surface area contributed by atoms with Crippen molar-refractivity contribution in [3.8, 4) is 62.3 Å². The molecule has 0 radical (unpaired) electrons. The van der Waals surface area contributed by atoms with Crippen LogP contribution in [0.4, 0.5) is 0 Å². The Morgan fingerprint density at radius 3 is 1.75 bits per heavy atom. The molecule has 0 bridgehead atoms. The number of ether oxygens (including phenoxy) is 1. The molecule has 0 saturated carbocycles. The molecule has 11 rings (SSSR count). The van der Waals surface area contributed by atoms with Crippen LogP contribution in [0.15, 0.2) is 201 Å². The fourth-order valence-electron chi connectivity index (χ4n) is 8.18. The quantitative estimate of drug-likeness (QED) is 0.152. The van der Waals surface area contributed by atoms with E-state index in [0.717, 1.165) is 93.2 Å². The molecule has 4 heterocycles. The molecule has 7 aromatic carbocycles. The van der Waals surface area contributed by atoms with Gasteiger partial charge in [0, 0.05) is 11.8 Å². The average molecular weight is 955 g/mol. The van der Waals surface area contributed by atoms with E-state index in [1.807, 2.05) is 24.3 Å². The van der Waals surface area contributed by atoms with Gasteiger partial charge in [0.15, 0.2) is 5.82 Å². The SMILES string of the molecule is [Pt]=[c]1n(-c2cccc(Oc3ccc4c5ccccc5n(-c5ccc(-c6ncncn6)cn5)c4c3)c2)c2ccccc2n1-c1c(-c2ccccc2)cccc1-c1ccccc1. The number of imidazole rings is 1. The summed E-state index contributed by atoms with van der Waals surface area (Å²) >= 11 is 2.48. The van der Waals surface area contributed by atoms with Crippen LogP contribution < -0.4 is 4.74 Å². The zero-order chi connectivity index (χ0) is 40.0. The van der Waals surface area contributed by atoms with E-state index in [1.54, 1.807) is 6.20 Å². The first-order valence-corrected chi connectivity index (χ1v) is 20.7. The third-order valence-corrected chi connectivity index (χ3v) is 11.8. The van der Waals surface area contributed by atoms with Crippen molar-refractivity contribution in [2.45, 2.75) is 0 Å². The van der Waals surface area contributed by atoms with Gasteiger partial charge >= 0.3 is 294 Å². The van der Waals surface area contributed by atoms with Crippen molar-refractivity contribution in [3.05, 3.63) is 205 Å². The van der Waals surface area contributed by atoms with Crippen molar-refractivity contribution in [3.63, 3.8) is 0 Å². The Bertz CT molecular complexity index is 3360. The van der Waals surface area contributed by atoms with Gasteiger partial charge in [-0.25, -0.2) is 15.0 Å². The summed E-state index contributed by atoms with van der Waals surface area (Å²) in [7, 11) is 0. The Labute approximate surface area is 355 Å². The number of fused-ring (bicyclic) bond motifs is 4. The van der Waals surface area contributed by atoms with Gasteiger partial charge in [0.05, 0.1) is 0 Å². The topological polar surface area (TPSA) is 75.6 Å². The second-order valence-electron chi connectivity index (χ2n) is 14.3. The number of hydrogen-bond acceptors (Lipinski definition) is 5. The molecule has 60 heavy (non-hydrogen) atoms. The third-order valence-electron chi connectivity index (χ3n) is 10.8. The van der Waals surface area contributed by atoms with Crippen LogP contribution >= 0.6 is 0 Å². The first kappa shape index (κ1) is 35.6. The number of para-hydroxylation sites is 4. The summed E-state index contributed by atoms with van der Waals surface area (Å²) < 4.78 is 14.7. The normalized spacial score (nSPS) is 11.4. The predicted molar refractivity (Wildman–Crippen MR) is 234 cm³/mol. The molecule has 9 heteroatoms. The Hall–Kier alpha value is -7.54. The van der Waals surface area contributed by atoms with E-state index in [-0.39, 0.29) is 0 Å². The molecule has 0 atom stereocenters. The zero-order valence-corrected chi connectivity index (χ0v) is 34.2. The zero-order valence-electron chi connectivity index (χ0n) is 31.9. The van der Waals surface area contributed by atoms with Crippen LogP contribution in [0.2, 0.25) is 0 Å². The van der Waals surface area contributed by atoms with Gasteiger partial charge in [0.25, 0.3) is 0 Å². The van der Waals surface area contributed by atoms with Gasteiger partial charge in [-0.05, 0) is 6.07 Å². The summed E-state index contributed by atoms with van der Waals surface area (Å²) in [5, 5.41) is 2.25. The second kappa shape index (κ2) is 15.0. The summed E-state index contributed by atoms with van der Waals surface area (Å²) in [6.45, 7) is 0. The predicted octanol–water partition coefficient (Wildman–Crippen LogP) is 12.0. The number of benzene rings is 7. The van der Waals surface area contributed by atoms with Gasteiger partial charge in [0.2, 0.25) is 0 Å². The van der Waals surface area contributed by atoms with Crippen molar-refractivity contribution in [1.82, 2.24) is 33.6 Å². The van der Waals surface area contributed by atoms with Crippen LogP contribution in [0.1, 0.15) is 0 Å². The van der Waals surface area contributed by atoms with Crippen molar-refractivity contribution >= 4 is 32.8 Å². The number of nitrogens with zero attached hydrogens (tertiary/aromatic N) is 7. The summed E-state index contributed by atoms with van der Waals surface area (Å²) in [5.74, 6) is 2.81. The molecule has 0 aliphatic heterocycles. The average Bonchev–Trinajstić information content (AvgIpc) is 3.80. The molecule has 8 nitrogen and oxygen atoms in total. The molecule has 288 valence electrons. The van der Waals surface area contributed by atoms with Gasteiger partial charge in [-0.1, -0.05) is 12.1 Å². The Morgan fingerprint density at radius 2 is 1.05 bits per heavy atom. The summed E-state index contributed by atoms with van der Waals surface area (Å²) in [6.07, 6.45) is 4.79. The molecule has 11 aromatic rings. The van der Waals surface area contributed by atoms with Crippen LogP contribution in [0.5, 0.6) is 11.5 Å². The number of pyridine rings is 1. The maximum absolute atomic E-state index is 6.73. The van der Waals surface area contributed by atoms with Crippen LogP contribution in [-0.2, 0) is 19.4 Å². The second-order valence-corrected chi connectivity index (χ2v) is 15.3. The van der Waals surface area contributed by atoms with Crippen molar-refractivity contribution in [1.29, 1.82) is 0 Å². The van der Waals surface area contributed by atoms with Gasteiger partial charge in [-0.2, -0.15) is 0 Å². The standard InChI is InChI=1S/C51H33N7O.Pt/c1-3-13-35(14-4-1)41-20-12-21-42(36-15-5-2-6-16-36)50(41)57-34-56(46-23-9-10-24-47(46)57)38-17-11-18-39(29-38)59-40-26-27-44-43-19-7-8-22-45(43)58(48(44)30-40)49-28-25-37(31-53-49)51-54-32-52-33-55-51;/h1-33H;. The molecular formula is C51H33N7OPt. The Balaban J connectivity index is 1.02. The molecule has 0 N–H and O–H groups in total. The van der Waals surface area contributed by atoms with Crippen LogP contribution in [0.3, 0.4) is 0 Å². The fraction of sp³-hybridized carbons (Fsp3) is 0.